The molecule has 1 aromatic rings. The van der Waals surface area contributed by atoms with Crippen molar-refractivity contribution in [2.24, 2.45) is 5.92 Å². The number of hydrogen-bond acceptors (Lipinski definition) is 5. The standard InChI is InChI=1S/C19H29NO5S/c1-4-26(22,23)25-17-8-5-7-16(12-17)13-20(19(21)11-15(2)3)14-18-9-6-10-24-18/h5,7-8,12,15,18H,4,6,9-11,13-14H2,1-3H3/t18-/m0/s1. The minimum atomic E-state index is -3.57. The molecule has 1 fully saturated rings. The average Bonchev–Trinajstić information content (AvgIpc) is 3.06. The Kier molecular flexibility index (Phi) is 7.46. The summed E-state index contributed by atoms with van der Waals surface area (Å²) in [4.78, 5) is 14.5. The van der Waals surface area contributed by atoms with Gasteiger partial charge in [0.25, 0.3) is 0 Å². The maximum Gasteiger partial charge on any atom is 0.308 e. The van der Waals surface area contributed by atoms with E-state index in [0.717, 1.165) is 25.0 Å². The van der Waals surface area contributed by atoms with E-state index in [-0.39, 0.29) is 29.4 Å². The molecule has 1 aromatic carbocycles. The first-order valence-electron chi connectivity index (χ1n) is 9.19. The van der Waals surface area contributed by atoms with Gasteiger partial charge in [0.05, 0.1) is 11.9 Å². The first kappa shape index (κ1) is 20.7. The lowest BCUT2D eigenvalue weighted by Gasteiger charge is -2.26. The molecule has 6 nitrogen and oxygen atoms in total. The smallest absolute Gasteiger partial charge is 0.308 e. The predicted octanol–water partition coefficient (Wildman–Crippen LogP) is 2.97. The summed E-state index contributed by atoms with van der Waals surface area (Å²) in [5.41, 5.74) is 0.837. The fourth-order valence-electron chi connectivity index (χ4n) is 2.89. The van der Waals surface area contributed by atoms with Crippen LogP contribution in [0, 0.1) is 5.92 Å². The monoisotopic (exact) mass is 383 g/mol. The van der Waals surface area contributed by atoms with E-state index in [4.69, 9.17) is 8.92 Å². The van der Waals surface area contributed by atoms with E-state index in [0.29, 0.717) is 19.5 Å². The fraction of sp³-hybridized carbons (Fsp3) is 0.632. The van der Waals surface area contributed by atoms with Crippen LogP contribution in [0.25, 0.3) is 0 Å². The minimum Gasteiger partial charge on any atom is -0.382 e. The average molecular weight is 384 g/mol. The van der Waals surface area contributed by atoms with Crippen molar-refractivity contribution >= 4 is 16.0 Å². The highest BCUT2D eigenvalue weighted by Crippen LogP contribution is 2.20. The Balaban J connectivity index is 2.11. The molecule has 146 valence electrons. The molecule has 2 rings (SSSR count). The van der Waals surface area contributed by atoms with Crippen LogP contribution >= 0.6 is 0 Å². The van der Waals surface area contributed by atoms with Crippen molar-refractivity contribution in [2.45, 2.75) is 52.7 Å². The maximum absolute atomic E-state index is 12.6. The molecule has 1 atom stereocenters. The molecule has 0 bridgehead atoms. The number of carbonyl (C=O) groups is 1. The molecule has 7 heteroatoms. The number of hydrogen-bond donors (Lipinski definition) is 0. The van der Waals surface area contributed by atoms with Crippen LogP contribution in [0.15, 0.2) is 24.3 Å². The number of ether oxygens (including phenoxy) is 1. The van der Waals surface area contributed by atoms with Gasteiger partial charge in [0.15, 0.2) is 0 Å². The van der Waals surface area contributed by atoms with Gasteiger partial charge in [-0.05, 0) is 43.4 Å². The van der Waals surface area contributed by atoms with Gasteiger partial charge in [0.2, 0.25) is 5.91 Å². The molecule has 1 saturated heterocycles. The molecule has 0 N–H and O–H groups in total. The third kappa shape index (κ3) is 6.61. The minimum absolute atomic E-state index is 0.0750. The molecule has 1 aliphatic rings. The SMILES string of the molecule is CCS(=O)(=O)Oc1cccc(CN(C[C@@H]2CCCO2)C(=O)CC(C)C)c1. The zero-order valence-corrected chi connectivity index (χ0v) is 16.6. The highest BCUT2D eigenvalue weighted by atomic mass is 32.2. The van der Waals surface area contributed by atoms with Crippen LogP contribution in [-0.4, -0.2) is 44.2 Å². The Hall–Kier alpha value is -1.60. The summed E-state index contributed by atoms with van der Waals surface area (Å²) in [5.74, 6) is 0.550. The van der Waals surface area contributed by atoms with Gasteiger partial charge in [0, 0.05) is 26.1 Å². The third-order valence-electron chi connectivity index (χ3n) is 4.23. The van der Waals surface area contributed by atoms with Crippen molar-refractivity contribution in [3.05, 3.63) is 29.8 Å². The Labute approximate surface area is 156 Å². The van der Waals surface area contributed by atoms with Crippen LogP contribution < -0.4 is 4.18 Å². The van der Waals surface area contributed by atoms with Gasteiger partial charge in [-0.2, -0.15) is 8.42 Å². The zero-order chi connectivity index (χ0) is 19.2. The molecule has 1 heterocycles. The van der Waals surface area contributed by atoms with Crippen LogP contribution in [0.4, 0.5) is 0 Å². The van der Waals surface area contributed by atoms with Crippen molar-refractivity contribution in [1.82, 2.24) is 4.90 Å². The van der Waals surface area contributed by atoms with E-state index in [2.05, 4.69) is 0 Å². The van der Waals surface area contributed by atoms with Crippen molar-refractivity contribution in [3.63, 3.8) is 0 Å². The molecule has 0 saturated carbocycles. The van der Waals surface area contributed by atoms with E-state index in [1.54, 1.807) is 18.2 Å². The van der Waals surface area contributed by atoms with Crippen molar-refractivity contribution in [1.29, 1.82) is 0 Å². The highest BCUT2D eigenvalue weighted by molar-refractivity contribution is 7.87. The second kappa shape index (κ2) is 9.37. The topological polar surface area (TPSA) is 72.9 Å². The van der Waals surface area contributed by atoms with Gasteiger partial charge in [0.1, 0.15) is 5.75 Å². The highest BCUT2D eigenvalue weighted by Gasteiger charge is 2.23. The molecular weight excluding hydrogens is 354 g/mol. The summed E-state index contributed by atoms with van der Waals surface area (Å²) >= 11 is 0. The largest absolute Gasteiger partial charge is 0.382 e. The first-order chi connectivity index (χ1) is 12.3. The number of carbonyl (C=O) groups excluding carboxylic acids is 1. The summed E-state index contributed by atoms with van der Waals surface area (Å²) < 4.78 is 34.1. The van der Waals surface area contributed by atoms with E-state index < -0.39 is 10.1 Å². The summed E-state index contributed by atoms with van der Waals surface area (Å²) in [5, 5.41) is 0. The fourth-order valence-corrected chi connectivity index (χ4v) is 3.40. The third-order valence-corrected chi connectivity index (χ3v) is 5.39. The van der Waals surface area contributed by atoms with Gasteiger partial charge >= 0.3 is 10.1 Å². The van der Waals surface area contributed by atoms with Gasteiger partial charge in [-0.3, -0.25) is 4.79 Å². The van der Waals surface area contributed by atoms with Gasteiger partial charge < -0.3 is 13.8 Å². The second-order valence-electron chi connectivity index (χ2n) is 7.08. The lowest BCUT2D eigenvalue weighted by atomic mass is 10.1. The summed E-state index contributed by atoms with van der Waals surface area (Å²) in [7, 11) is -3.57. The van der Waals surface area contributed by atoms with Crippen LogP contribution in [0.3, 0.4) is 0 Å². The Morgan fingerprint density at radius 3 is 2.77 bits per heavy atom. The molecule has 0 aliphatic carbocycles. The van der Waals surface area contributed by atoms with E-state index in [9.17, 15) is 13.2 Å². The summed E-state index contributed by atoms with van der Waals surface area (Å²) in [6.07, 6.45) is 2.54. The van der Waals surface area contributed by atoms with Gasteiger partial charge in [-0.25, -0.2) is 0 Å². The molecule has 0 unspecified atom stereocenters. The van der Waals surface area contributed by atoms with Gasteiger partial charge in [-0.1, -0.05) is 26.0 Å². The van der Waals surface area contributed by atoms with Crippen molar-refractivity contribution < 1.29 is 22.1 Å². The zero-order valence-electron chi connectivity index (χ0n) is 15.8. The predicted molar refractivity (Wildman–Crippen MR) is 100 cm³/mol. The molecule has 0 radical (unpaired) electrons. The van der Waals surface area contributed by atoms with Gasteiger partial charge in [-0.15, -0.1) is 0 Å². The molecule has 0 spiro atoms. The number of rotatable bonds is 9. The molecule has 0 aromatic heterocycles. The Bertz CT molecular complexity index is 696. The van der Waals surface area contributed by atoms with E-state index in [1.807, 2.05) is 24.8 Å². The van der Waals surface area contributed by atoms with E-state index in [1.165, 1.54) is 6.92 Å². The Morgan fingerprint density at radius 1 is 1.38 bits per heavy atom. The quantitative estimate of drug-likeness (QED) is 0.613. The van der Waals surface area contributed by atoms with Crippen LogP contribution in [0.1, 0.15) is 45.6 Å². The molecule has 1 amide bonds. The van der Waals surface area contributed by atoms with E-state index >= 15 is 0 Å². The Morgan fingerprint density at radius 2 is 2.15 bits per heavy atom. The number of amides is 1. The lowest BCUT2D eigenvalue weighted by Crippen LogP contribution is -2.37. The van der Waals surface area contributed by atoms with Crippen LogP contribution in [0.5, 0.6) is 5.75 Å². The summed E-state index contributed by atoms with van der Waals surface area (Å²) in [6.45, 7) is 7.29. The van der Waals surface area contributed by atoms with Crippen LogP contribution in [0.2, 0.25) is 0 Å². The first-order valence-corrected chi connectivity index (χ1v) is 10.8. The molecular formula is C19H29NO5S. The normalized spacial score (nSPS) is 17.5. The second-order valence-corrected chi connectivity index (χ2v) is 8.94. The maximum atomic E-state index is 12.6. The lowest BCUT2D eigenvalue weighted by molar-refractivity contribution is -0.134. The molecule has 1 aliphatic heterocycles. The number of benzene rings is 1. The number of nitrogens with zero attached hydrogens (tertiary/aromatic N) is 1. The van der Waals surface area contributed by atoms with Crippen LogP contribution in [-0.2, 0) is 26.2 Å². The van der Waals surface area contributed by atoms with Crippen molar-refractivity contribution in [2.75, 3.05) is 18.9 Å². The van der Waals surface area contributed by atoms with Crippen molar-refractivity contribution in [3.8, 4) is 5.75 Å². The molecule has 26 heavy (non-hydrogen) atoms. The summed E-state index contributed by atoms with van der Waals surface area (Å²) in [6, 6.07) is 6.90.